The van der Waals surface area contributed by atoms with E-state index in [1.54, 1.807) is 0 Å². The summed E-state index contributed by atoms with van der Waals surface area (Å²) in [5.74, 6) is -0.560. The lowest BCUT2D eigenvalue weighted by Gasteiger charge is -2.47. The molecular weight excluding hydrogens is 320 g/mol. The lowest BCUT2D eigenvalue weighted by atomic mass is 9.71. The van der Waals surface area contributed by atoms with E-state index in [2.05, 4.69) is 0 Å². The average Bonchev–Trinajstić information content (AvgIpc) is 2.65. The summed E-state index contributed by atoms with van der Waals surface area (Å²) in [4.78, 5) is 40.5. The number of carbonyl (C=O) groups is 3. The predicted octanol–water partition coefficient (Wildman–Crippen LogP) is 2.57. The summed E-state index contributed by atoms with van der Waals surface area (Å²) in [5, 5.41) is 0. The summed E-state index contributed by atoms with van der Waals surface area (Å²) >= 11 is 0. The van der Waals surface area contributed by atoms with Crippen LogP contribution >= 0.6 is 0 Å². The molecule has 134 valence electrons. The molecular formula is C19H24N2O4. The van der Waals surface area contributed by atoms with Crippen molar-refractivity contribution in [1.82, 2.24) is 9.80 Å². The van der Waals surface area contributed by atoms with Crippen LogP contribution in [0.5, 0.6) is 0 Å². The van der Waals surface area contributed by atoms with Gasteiger partial charge in [0.1, 0.15) is 6.54 Å². The molecule has 3 rings (SSSR count). The highest BCUT2D eigenvalue weighted by atomic mass is 16.5. The molecule has 2 fully saturated rings. The smallest absolute Gasteiger partial charge is 0.327 e. The Morgan fingerprint density at radius 3 is 2.44 bits per heavy atom. The van der Waals surface area contributed by atoms with Crippen molar-refractivity contribution in [2.45, 2.75) is 38.6 Å². The third-order valence-electron chi connectivity index (χ3n) is 5.24. The molecule has 0 atom stereocenters. The minimum Gasteiger partial charge on any atom is -0.468 e. The van der Waals surface area contributed by atoms with Crippen LogP contribution in [0, 0.1) is 5.41 Å². The molecule has 0 bridgehead atoms. The molecule has 6 nitrogen and oxygen atoms in total. The minimum atomic E-state index is -0.561. The van der Waals surface area contributed by atoms with E-state index < -0.39 is 17.4 Å². The van der Waals surface area contributed by atoms with Crippen molar-refractivity contribution in [3.63, 3.8) is 0 Å². The Balaban J connectivity index is 1.88. The maximum absolute atomic E-state index is 13.2. The van der Waals surface area contributed by atoms with E-state index in [0.717, 1.165) is 37.7 Å². The monoisotopic (exact) mass is 344 g/mol. The van der Waals surface area contributed by atoms with Crippen molar-refractivity contribution in [3.8, 4) is 0 Å². The van der Waals surface area contributed by atoms with E-state index in [4.69, 9.17) is 4.74 Å². The van der Waals surface area contributed by atoms with Gasteiger partial charge in [-0.25, -0.2) is 4.79 Å². The second kappa shape index (κ2) is 7.25. The van der Waals surface area contributed by atoms with Gasteiger partial charge >= 0.3 is 12.0 Å². The molecule has 1 aromatic carbocycles. The van der Waals surface area contributed by atoms with Crippen molar-refractivity contribution in [3.05, 3.63) is 35.9 Å². The molecule has 1 aromatic rings. The van der Waals surface area contributed by atoms with Gasteiger partial charge in [-0.2, -0.15) is 0 Å². The van der Waals surface area contributed by atoms with Gasteiger partial charge in [0.25, 0.3) is 0 Å². The average molecular weight is 344 g/mol. The van der Waals surface area contributed by atoms with Crippen molar-refractivity contribution < 1.29 is 19.1 Å². The van der Waals surface area contributed by atoms with Crippen LogP contribution < -0.4 is 0 Å². The first-order chi connectivity index (χ1) is 12.1. The van der Waals surface area contributed by atoms with Crippen LogP contribution in [0.2, 0.25) is 0 Å². The van der Waals surface area contributed by atoms with Gasteiger partial charge in [0, 0.05) is 6.54 Å². The Morgan fingerprint density at radius 2 is 1.80 bits per heavy atom. The van der Waals surface area contributed by atoms with Gasteiger partial charge < -0.3 is 9.64 Å². The number of methoxy groups -OCH3 is 1. The zero-order valence-corrected chi connectivity index (χ0v) is 14.6. The van der Waals surface area contributed by atoms with Crippen LogP contribution in [0.25, 0.3) is 0 Å². The summed E-state index contributed by atoms with van der Waals surface area (Å²) < 4.78 is 4.72. The van der Waals surface area contributed by atoms with Gasteiger partial charge in [0.05, 0.1) is 19.1 Å². The predicted molar refractivity (Wildman–Crippen MR) is 91.5 cm³/mol. The fourth-order valence-electron chi connectivity index (χ4n) is 3.89. The van der Waals surface area contributed by atoms with Crippen molar-refractivity contribution in [2.24, 2.45) is 5.41 Å². The second-order valence-electron chi connectivity index (χ2n) is 6.93. The minimum absolute atomic E-state index is 0.0952. The number of hydrogen-bond acceptors (Lipinski definition) is 4. The maximum atomic E-state index is 13.2. The number of nitrogens with zero attached hydrogens (tertiary/aromatic N) is 2. The highest BCUT2D eigenvalue weighted by Crippen LogP contribution is 2.41. The van der Waals surface area contributed by atoms with Crippen molar-refractivity contribution in [2.75, 3.05) is 20.2 Å². The number of esters is 1. The van der Waals surface area contributed by atoms with E-state index in [1.807, 2.05) is 30.3 Å². The van der Waals surface area contributed by atoms with Crippen LogP contribution in [0.3, 0.4) is 0 Å². The molecule has 2 aliphatic rings. The Kier molecular flexibility index (Phi) is 5.06. The third-order valence-corrected chi connectivity index (χ3v) is 5.24. The van der Waals surface area contributed by atoms with E-state index in [0.29, 0.717) is 6.54 Å². The lowest BCUT2D eigenvalue weighted by molar-refractivity contribution is -0.151. The molecule has 0 aromatic heterocycles. The zero-order chi connectivity index (χ0) is 17.9. The lowest BCUT2D eigenvalue weighted by Crippen LogP contribution is -2.62. The summed E-state index contributed by atoms with van der Waals surface area (Å²) in [6.45, 7) is 0.429. The van der Waals surface area contributed by atoms with Gasteiger partial charge in [-0.05, 0) is 18.4 Å². The van der Waals surface area contributed by atoms with Crippen LogP contribution in [-0.4, -0.2) is 47.9 Å². The zero-order valence-electron chi connectivity index (χ0n) is 14.6. The Hall–Kier alpha value is -2.37. The van der Waals surface area contributed by atoms with E-state index in [-0.39, 0.29) is 19.0 Å². The molecule has 1 saturated heterocycles. The second-order valence-corrected chi connectivity index (χ2v) is 6.93. The highest BCUT2D eigenvalue weighted by molar-refractivity contribution is 6.01. The Bertz CT molecular complexity index is 653. The van der Waals surface area contributed by atoms with Crippen molar-refractivity contribution >= 4 is 17.9 Å². The normalized spacial score (nSPS) is 20.0. The number of ether oxygens (including phenoxy) is 1. The van der Waals surface area contributed by atoms with E-state index in [1.165, 1.54) is 16.9 Å². The number of urea groups is 1. The molecule has 0 N–H and O–H groups in total. The Morgan fingerprint density at radius 1 is 1.12 bits per heavy atom. The first kappa shape index (κ1) is 17.5. The van der Waals surface area contributed by atoms with Gasteiger partial charge in [-0.1, -0.05) is 49.6 Å². The third kappa shape index (κ3) is 3.52. The molecule has 6 heteroatoms. The molecule has 1 spiro atoms. The van der Waals surface area contributed by atoms with Crippen LogP contribution in [0.4, 0.5) is 4.79 Å². The molecule has 1 aliphatic heterocycles. The van der Waals surface area contributed by atoms with Gasteiger partial charge in [-0.15, -0.1) is 0 Å². The first-order valence-corrected chi connectivity index (χ1v) is 8.77. The molecule has 1 saturated carbocycles. The summed E-state index contributed by atoms with van der Waals surface area (Å²) in [6, 6.07) is 9.06. The van der Waals surface area contributed by atoms with E-state index >= 15 is 0 Å². The van der Waals surface area contributed by atoms with Gasteiger partial charge in [0.2, 0.25) is 5.91 Å². The molecule has 1 heterocycles. The van der Waals surface area contributed by atoms with Gasteiger partial charge in [-0.3, -0.25) is 14.5 Å². The van der Waals surface area contributed by atoms with E-state index in [9.17, 15) is 14.4 Å². The number of hydrogen-bond donors (Lipinski definition) is 0. The summed E-state index contributed by atoms with van der Waals surface area (Å²) in [7, 11) is 1.31. The maximum Gasteiger partial charge on any atom is 0.327 e. The molecule has 0 radical (unpaired) electrons. The Labute approximate surface area is 147 Å². The topological polar surface area (TPSA) is 66.9 Å². The van der Waals surface area contributed by atoms with Crippen LogP contribution in [0.1, 0.15) is 37.7 Å². The number of imide groups is 1. The summed E-state index contributed by atoms with van der Waals surface area (Å²) in [5.41, 5.74) is 0.338. The molecule has 1 aliphatic carbocycles. The fourth-order valence-corrected chi connectivity index (χ4v) is 3.89. The number of rotatable bonds is 4. The molecule has 0 unspecified atom stereocenters. The van der Waals surface area contributed by atoms with Crippen molar-refractivity contribution in [1.29, 1.82) is 0 Å². The summed E-state index contributed by atoms with van der Waals surface area (Å²) in [6.07, 6.45) is 4.60. The fraction of sp³-hybridized carbons (Fsp3) is 0.526. The SMILES string of the molecule is COC(=O)CN1CC2(CCCCC2)C(=O)N(Cc2ccccc2)C1=O. The molecule has 25 heavy (non-hydrogen) atoms. The highest BCUT2D eigenvalue weighted by Gasteiger charge is 2.50. The number of benzene rings is 1. The number of amides is 3. The molecule has 3 amide bonds. The van der Waals surface area contributed by atoms with Crippen LogP contribution in [-0.2, 0) is 20.9 Å². The van der Waals surface area contributed by atoms with Crippen LogP contribution in [0.15, 0.2) is 30.3 Å². The quantitative estimate of drug-likeness (QED) is 0.788. The largest absolute Gasteiger partial charge is 0.468 e. The van der Waals surface area contributed by atoms with Gasteiger partial charge in [0.15, 0.2) is 0 Å². The number of carbonyl (C=O) groups excluding carboxylic acids is 3. The standard InChI is InChI=1S/C19H24N2O4/c1-25-16(22)13-20-14-19(10-6-3-7-11-19)17(23)21(18(20)24)12-15-8-4-2-5-9-15/h2,4-5,8-9H,3,6-7,10-14H2,1H3. The first-order valence-electron chi connectivity index (χ1n) is 8.77.